The van der Waals surface area contributed by atoms with Crippen LogP contribution < -0.4 is 10.6 Å². The minimum absolute atomic E-state index is 0.0180. The second kappa shape index (κ2) is 7.12. The van der Waals surface area contributed by atoms with Crippen molar-refractivity contribution >= 4 is 17.5 Å². The summed E-state index contributed by atoms with van der Waals surface area (Å²) in [6, 6.07) is -0.121. The van der Waals surface area contributed by atoms with E-state index in [9.17, 15) is 9.59 Å². The van der Waals surface area contributed by atoms with Crippen LogP contribution in [0, 0.1) is 13.8 Å². The van der Waals surface area contributed by atoms with Gasteiger partial charge in [0.25, 0.3) is 0 Å². The van der Waals surface area contributed by atoms with E-state index in [2.05, 4.69) is 20.6 Å². The van der Waals surface area contributed by atoms with Crippen molar-refractivity contribution in [1.29, 1.82) is 0 Å². The number of carbonyl (C=O) groups excluding carboxylic acids is 2. The molecule has 2 atom stereocenters. The fourth-order valence-electron chi connectivity index (χ4n) is 3.11. The van der Waals surface area contributed by atoms with E-state index in [1.807, 2.05) is 27.8 Å². The second-order valence-corrected chi connectivity index (χ2v) is 6.37. The van der Waals surface area contributed by atoms with E-state index in [4.69, 9.17) is 0 Å². The van der Waals surface area contributed by atoms with Crippen LogP contribution in [0.5, 0.6) is 0 Å². The van der Waals surface area contributed by atoms with Gasteiger partial charge in [0, 0.05) is 26.6 Å². The lowest BCUT2D eigenvalue weighted by atomic mass is 10.0. The molecule has 2 amide bonds. The molecular formula is C16H27N5O2. The van der Waals surface area contributed by atoms with E-state index >= 15 is 0 Å². The number of aromatic nitrogens is 2. The topological polar surface area (TPSA) is 79.3 Å². The maximum atomic E-state index is 12.6. The summed E-state index contributed by atoms with van der Waals surface area (Å²) in [6.07, 6.45) is 1.94. The van der Waals surface area contributed by atoms with Gasteiger partial charge in [-0.3, -0.25) is 19.2 Å². The van der Waals surface area contributed by atoms with Gasteiger partial charge in [0.2, 0.25) is 11.8 Å². The van der Waals surface area contributed by atoms with Crippen molar-refractivity contribution in [2.75, 3.05) is 18.4 Å². The monoisotopic (exact) mass is 321 g/mol. The molecule has 1 aromatic rings. The minimum atomic E-state index is -0.245. The molecular weight excluding hydrogens is 294 g/mol. The molecule has 0 aliphatic carbocycles. The van der Waals surface area contributed by atoms with Crippen molar-refractivity contribution in [2.45, 2.75) is 52.6 Å². The van der Waals surface area contributed by atoms with Crippen LogP contribution in [0.4, 0.5) is 5.69 Å². The Morgan fingerprint density at radius 1 is 1.35 bits per heavy atom. The number of hydrogen-bond donors (Lipinski definition) is 2. The zero-order chi connectivity index (χ0) is 17.1. The SMILES string of the molecule is CC(=O)N[C@@H]1CCCN([C@@H](C)C(=O)Nc2c(C)nn(C)c2C)C1. The molecule has 1 aliphatic heterocycles. The molecule has 1 fully saturated rings. The predicted molar refractivity (Wildman–Crippen MR) is 89.2 cm³/mol. The van der Waals surface area contributed by atoms with Gasteiger partial charge in [-0.2, -0.15) is 5.10 Å². The molecule has 7 nitrogen and oxygen atoms in total. The van der Waals surface area contributed by atoms with Crippen LogP contribution in [0.3, 0.4) is 0 Å². The number of nitrogens with one attached hydrogen (secondary N) is 2. The van der Waals surface area contributed by atoms with Gasteiger partial charge in [0.15, 0.2) is 0 Å². The highest BCUT2D eigenvalue weighted by Crippen LogP contribution is 2.20. The van der Waals surface area contributed by atoms with Gasteiger partial charge in [-0.1, -0.05) is 0 Å². The number of nitrogens with zero attached hydrogens (tertiary/aromatic N) is 3. The number of aryl methyl sites for hydroxylation is 2. The zero-order valence-corrected chi connectivity index (χ0v) is 14.6. The first kappa shape index (κ1) is 17.5. The summed E-state index contributed by atoms with van der Waals surface area (Å²) >= 11 is 0. The van der Waals surface area contributed by atoms with E-state index in [1.54, 1.807) is 4.68 Å². The molecule has 2 rings (SSSR count). The summed E-state index contributed by atoms with van der Waals surface area (Å²) in [6.45, 7) is 8.85. The summed E-state index contributed by atoms with van der Waals surface area (Å²) < 4.78 is 1.77. The lowest BCUT2D eigenvalue weighted by Gasteiger charge is -2.36. The molecule has 1 aliphatic rings. The number of amides is 2. The highest BCUT2D eigenvalue weighted by molar-refractivity contribution is 5.95. The Balaban J connectivity index is 2.00. The largest absolute Gasteiger partial charge is 0.352 e. The predicted octanol–water partition coefficient (Wildman–Crippen LogP) is 0.964. The Bertz CT molecular complexity index is 596. The minimum Gasteiger partial charge on any atom is -0.352 e. The molecule has 0 saturated carbocycles. The summed E-state index contributed by atoms with van der Waals surface area (Å²) in [5.74, 6) is -0.0526. The maximum Gasteiger partial charge on any atom is 0.241 e. The fourth-order valence-corrected chi connectivity index (χ4v) is 3.11. The Morgan fingerprint density at radius 3 is 2.61 bits per heavy atom. The Kier molecular flexibility index (Phi) is 5.41. The molecule has 2 N–H and O–H groups in total. The molecule has 0 spiro atoms. The molecule has 0 unspecified atom stereocenters. The first-order chi connectivity index (χ1) is 10.8. The fraction of sp³-hybridized carbons (Fsp3) is 0.688. The van der Waals surface area contributed by atoms with E-state index in [0.29, 0.717) is 6.54 Å². The number of likely N-dealkylation sites (tertiary alicyclic amines) is 1. The molecule has 128 valence electrons. The van der Waals surface area contributed by atoms with Crippen LogP contribution in [0.15, 0.2) is 0 Å². The standard InChI is InChI=1S/C16H27N5O2/c1-10-15(11(2)20(5)19-10)18-16(23)12(3)21-8-6-7-14(9-21)17-13(4)22/h12,14H,6-9H2,1-5H3,(H,17,22)(H,18,23)/t12-,14+/m0/s1. The van der Waals surface area contributed by atoms with Crippen molar-refractivity contribution in [1.82, 2.24) is 20.0 Å². The number of anilines is 1. The zero-order valence-electron chi connectivity index (χ0n) is 14.6. The second-order valence-electron chi connectivity index (χ2n) is 6.37. The molecule has 7 heteroatoms. The van der Waals surface area contributed by atoms with Crippen LogP contribution in [-0.2, 0) is 16.6 Å². The molecule has 1 saturated heterocycles. The van der Waals surface area contributed by atoms with Gasteiger partial charge in [0.1, 0.15) is 0 Å². The van der Waals surface area contributed by atoms with Gasteiger partial charge in [0.05, 0.1) is 23.1 Å². The van der Waals surface area contributed by atoms with Crippen molar-refractivity contribution in [3.8, 4) is 0 Å². The third-order valence-electron chi connectivity index (χ3n) is 4.54. The van der Waals surface area contributed by atoms with Gasteiger partial charge in [-0.25, -0.2) is 0 Å². The van der Waals surface area contributed by atoms with Crippen LogP contribution in [0.1, 0.15) is 38.1 Å². The van der Waals surface area contributed by atoms with Gasteiger partial charge < -0.3 is 10.6 Å². The highest BCUT2D eigenvalue weighted by Gasteiger charge is 2.28. The lowest BCUT2D eigenvalue weighted by molar-refractivity contribution is -0.121. The lowest BCUT2D eigenvalue weighted by Crippen LogP contribution is -2.52. The summed E-state index contributed by atoms with van der Waals surface area (Å²) in [5, 5.41) is 10.3. The van der Waals surface area contributed by atoms with E-state index in [-0.39, 0.29) is 23.9 Å². The summed E-state index contributed by atoms with van der Waals surface area (Å²) in [4.78, 5) is 25.9. The number of hydrogen-bond acceptors (Lipinski definition) is 4. The van der Waals surface area contributed by atoms with Crippen LogP contribution >= 0.6 is 0 Å². The quantitative estimate of drug-likeness (QED) is 0.866. The van der Waals surface area contributed by atoms with E-state index in [0.717, 1.165) is 36.5 Å². The van der Waals surface area contributed by atoms with Crippen molar-refractivity contribution in [3.63, 3.8) is 0 Å². The van der Waals surface area contributed by atoms with Gasteiger partial charge >= 0.3 is 0 Å². The Hall–Kier alpha value is -1.89. The highest BCUT2D eigenvalue weighted by atomic mass is 16.2. The average Bonchev–Trinajstić information content (AvgIpc) is 2.72. The molecule has 1 aromatic heterocycles. The Morgan fingerprint density at radius 2 is 2.04 bits per heavy atom. The van der Waals surface area contributed by atoms with E-state index in [1.165, 1.54) is 6.92 Å². The van der Waals surface area contributed by atoms with Gasteiger partial charge in [-0.05, 0) is 40.2 Å². The Labute approximate surface area is 137 Å². The summed E-state index contributed by atoms with van der Waals surface area (Å²) in [5.41, 5.74) is 2.55. The van der Waals surface area contributed by atoms with Crippen LogP contribution in [0.2, 0.25) is 0 Å². The van der Waals surface area contributed by atoms with Crippen molar-refractivity contribution in [2.24, 2.45) is 7.05 Å². The number of rotatable bonds is 4. The molecule has 23 heavy (non-hydrogen) atoms. The summed E-state index contributed by atoms with van der Waals surface area (Å²) in [7, 11) is 1.87. The van der Waals surface area contributed by atoms with Crippen LogP contribution in [0.25, 0.3) is 0 Å². The molecule has 2 heterocycles. The maximum absolute atomic E-state index is 12.6. The number of piperidine rings is 1. The molecule has 0 radical (unpaired) electrons. The smallest absolute Gasteiger partial charge is 0.241 e. The van der Waals surface area contributed by atoms with Gasteiger partial charge in [-0.15, -0.1) is 0 Å². The van der Waals surface area contributed by atoms with E-state index < -0.39 is 0 Å². The molecule has 0 bridgehead atoms. The third-order valence-corrected chi connectivity index (χ3v) is 4.54. The molecule has 0 aromatic carbocycles. The third kappa shape index (κ3) is 4.10. The van der Waals surface area contributed by atoms with Crippen molar-refractivity contribution < 1.29 is 9.59 Å². The first-order valence-corrected chi connectivity index (χ1v) is 8.11. The van der Waals surface area contributed by atoms with Crippen molar-refractivity contribution in [3.05, 3.63) is 11.4 Å². The number of carbonyl (C=O) groups is 2. The normalized spacial score (nSPS) is 20.1. The first-order valence-electron chi connectivity index (χ1n) is 8.11. The van der Waals surface area contributed by atoms with Crippen LogP contribution in [-0.4, -0.2) is 51.7 Å². The average molecular weight is 321 g/mol.